The SMILES string of the molecule is C[C@H](N)C(=O)N[C@@H](CCCCNC(=O)c1ccc(-c2c(C#Cc3ccc4ccccc4n3)nc3c(N4CCOCC4)ccnn23)cc1)C(N)=O. The number of pyridine rings is 1. The van der Waals surface area contributed by atoms with E-state index in [1.165, 1.54) is 6.92 Å². The standard InChI is InChI=1S/C37H39N9O4/c1-24(38)36(48)44-31(34(39)47)8-4-5-18-40-37(49)27-11-9-26(10-12-27)33-30(16-15-28-14-13-25-6-2-3-7-29(25)42-28)43-35-32(17-19-41-46(33)35)45-20-22-50-23-21-45/h2-3,6-7,9-14,17,19,24,31H,4-5,8,18,20-23,38H2,1H3,(H2,39,47)(H,40,49)(H,44,48)/t24-,31-/m0/s1. The zero-order valence-electron chi connectivity index (χ0n) is 27.8. The van der Waals surface area contributed by atoms with E-state index in [2.05, 4.69) is 32.5 Å². The summed E-state index contributed by atoms with van der Waals surface area (Å²) < 4.78 is 7.37. The Morgan fingerprint density at radius 1 is 0.960 bits per heavy atom. The van der Waals surface area contributed by atoms with Crippen molar-refractivity contribution in [2.24, 2.45) is 11.5 Å². The number of morpholine rings is 1. The molecule has 13 nitrogen and oxygen atoms in total. The minimum atomic E-state index is -0.811. The molecule has 13 heteroatoms. The molecule has 0 unspecified atom stereocenters. The van der Waals surface area contributed by atoms with Crippen molar-refractivity contribution in [3.8, 4) is 23.1 Å². The van der Waals surface area contributed by atoms with Gasteiger partial charge in [-0.2, -0.15) is 5.10 Å². The van der Waals surface area contributed by atoms with Gasteiger partial charge in [-0.3, -0.25) is 14.4 Å². The van der Waals surface area contributed by atoms with Crippen LogP contribution < -0.4 is 27.0 Å². The van der Waals surface area contributed by atoms with E-state index in [1.807, 2.05) is 54.6 Å². The number of nitrogens with zero attached hydrogens (tertiary/aromatic N) is 5. The quantitative estimate of drug-likeness (QED) is 0.121. The number of imidazole rings is 1. The number of rotatable bonds is 11. The monoisotopic (exact) mass is 673 g/mol. The summed E-state index contributed by atoms with van der Waals surface area (Å²) in [6, 6.07) is 19.4. The van der Waals surface area contributed by atoms with Gasteiger partial charge >= 0.3 is 0 Å². The van der Waals surface area contributed by atoms with Crippen molar-refractivity contribution in [2.75, 3.05) is 37.7 Å². The molecule has 1 aliphatic heterocycles. The fourth-order valence-corrected chi connectivity index (χ4v) is 5.74. The van der Waals surface area contributed by atoms with E-state index in [4.69, 9.17) is 26.2 Å². The van der Waals surface area contributed by atoms with Crippen molar-refractivity contribution in [2.45, 2.75) is 38.3 Å². The molecule has 256 valence electrons. The zero-order valence-corrected chi connectivity index (χ0v) is 27.8. The predicted molar refractivity (Wildman–Crippen MR) is 190 cm³/mol. The summed E-state index contributed by atoms with van der Waals surface area (Å²) in [7, 11) is 0. The van der Waals surface area contributed by atoms with Gasteiger partial charge in [-0.15, -0.1) is 0 Å². The number of hydrogen-bond acceptors (Lipinski definition) is 9. The molecule has 3 aromatic heterocycles. The first-order chi connectivity index (χ1) is 24.3. The van der Waals surface area contributed by atoms with E-state index >= 15 is 0 Å². The highest BCUT2D eigenvalue weighted by Gasteiger charge is 2.22. The van der Waals surface area contributed by atoms with Crippen LogP contribution in [-0.4, -0.2) is 82.2 Å². The summed E-state index contributed by atoms with van der Waals surface area (Å²) in [5, 5.41) is 11.2. The number of carbonyl (C=O) groups excluding carboxylic acids is 3. The molecule has 6 rings (SSSR count). The Hall–Kier alpha value is -5.84. The number of ether oxygens (including phenoxy) is 1. The summed E-state index contributed by atoms with van der Waals surface area (Å²) in [6.07, 6.45) is 3.26. The van der Waals surface area contributed by atoms with Gasteiger partial charge in [0.1, 0.15) is 23.1 Å². The maximum Gasteiger partial charge on any atom is 0.251 e. The van der Waals surface area contributed by atoms with Gasteiger partial charge in [0.2, 0.25) is 11.8 Å². The number of aromatic nitrogens is 4. The molecule has 0 bridgehead atoms. The maximum atomic E-state index is 13.0. The summed E-state index contributed by atoms with van der Waals surface area (Å²) in [5.41, 5.74) is 16.6. The topological polar surface area (TPSA) is 183 Å². The summed E-state index contributed by atoms with van der Waals surface area (Å²) >= 11 is 0. The molecular weight excluding hydrogens is 634 g/mol. The van der Waals surface area contributed by atoms with Crippen LogP contribution in [0.5, 0.6) is 0 Å². The van der Waals surface area contributed by atoms with Gasteiger partial charge in [0, 0.05) is 36.1 Å². The van der Waals surface area contributed by atoms with E-state index in [0.29, 0.717) is 67.3 Å². The van der Waals surface area contributed by atoms with E-state index in [0.717, 1.165) is 35.2 Å². The lowest BCUT2D eigenvalue weighted by molar-refractivity contribution is -0.128. The number of carbonyl (C=O) groups is 3. The molecule has 0 spiro atoms. The average Bonchev–Trinajstić information content (AvgIpc) is 3.52. The van der Waals surface area contributed by atoms with Crippen molar-refractivity contribution < 1.29 is 19.1 Å². The summed E-state index contributed by atoms with van der Waals surface area (Å²) in [6.45, 7) is 4.66. The van der Waals surface area contributed by atoms with Crippen molar-refractivity contribution in [1.29, 1.82) is 0 Å². The van der Waals surface area contributed by atoms with Crippen LogP contribution in [0.25, 0.3) is 27.8 Å². The molecule has 1 fully saturated rings. The number of primary amides is 1. The lowest BCUT2D eigenvalue weighted by Crippen LogP contribution is -2.49. The van der Waals surface area contributed by atoms with Gasteiger partial charge in [-0.05, 0) is 68.4 Å². The Morgan fingerprint density at radius 3 is 2.50 bits per heavy atom. The van der Waals surface area contributed by atoms with Crippen molar-refractivity contribution in [3.63, 3.8) is 0 Å². The number of para-hydroxylation sites is 1. The Kier molecular flexibility index (Phi) is 10.6. The van der Waals surface area contributed by atoms with Gasteiger partial charge in [-0.25, -0.2) is 14.5 Å². The number of anilines is 1. The fourth-order valence-electron chi connectivity index (χ4n) is 5.74. The smallest absolute Gasteiger partial charge is 0.251 e. The molecule has 0 saturated carbocycles. The minimum Gasteiger partial charge on any atom is -0.378 e. The predicted octanol–water partition coefficient (Wildman–Crippen LogP) is 2.40. The van der Waals surface area contributed by atoms with E-state index in [9.17, 15) is 14.4 Å². The van der Waals surface area contributed by atoms with E-state index in [1.54, 1.807) is 22.8 Å². The van der Waals surface area contributed by atoms with E-state index < -0.39 is 23.9 Å². The molecule has 1 aliphatic rings. The Morgan fingerprint density at radius 2 is 1.74 bits per heavy atom. The molecule has 0 radical (unpaired) electrons. The third-order valence-electron chi connectivity index (χ3n) is 8.46. The van der Waals surface area contributed by atoms with E-state index in [-0.39, 0.29) is 5.91 Å². The van der Waals surface area contributed by atoms with Crippen molar-refractivity contribution >= 4 is 40.0 Å². The van der Waals surface area contributed by atoms with Crippen LogP contribution >= 0.6 is 0 Å². The number of benzene rings is 2. The summed E-state index contributed by atoms with van der Waals surface area (Å²) in [5.74, 6) is 5.15. The van der Waals surface area contributed by atoms with Crippen LogP contribution in [0.3, 0.4) is 0 Å². The van der Waals surface area contributed by atoms with Crippen LogP contribution in [-0.2, 0) is 14.3 Å². The lowest BCUT2D eigenvalue weighted by Gasteiger charge is -2.28. The Balaban J connectivity index is 1.20. The van der Waals surface area contributed by atoms with Gasteiger partial charge in [0.15, 0.2) is 5.65 Å². The highest BCUT2D eigenvalue weighted by molar-refractivity contribution is 5.95. The third-order valence-corrected chi connectivity index (χ3v) is 8.46. The number of hydrogen-bond donors (Lipinski definition) is 4. The fraction of sp³-hybridized carbons (Fsp3) is 0.297. The average molecular weight is 674 g/mol. The molecule has 5 aromatic rings. The van der Waals surface area contributed by atoms with Gasteiger partial charge < -0.3 is 31.7 Å². The number of nitrogens with one attached hydrogen (secondary N) is 2. The number of unbranched alkanes of at least 4 members (excludes halogenated alkanes) is 1. The molecule has 6 N–H and O–H groups in total. The normalized spacial score (nSPS) is 14.1. The number of nitrogens with two attached hydrogens (primary N) is 2. The van der Waals surface area contributed by atoms with Gasteiger partial charge in [0.05, 0.1) is 36.7 Å². The zero-order chi connectivity index (χ0) is 35.0. The van der Waals surface area contributed by atoms with Gasteiger partial charge in [0.25, 0.3) is 5.91 Å². The minimum absolute atomic E-state index is 0.235. The number of amides is 3. The van der Waals surface area contributed by atoms with Crippen molar-refractivity contribution in [3.05, 3.63) is 89.9 Å². The highest BCUT2D eigenvalue weighted by Crippen LogP contribution is 2.29. The molecule has 0 aliphatic carbocycles. The highest BCUT2D eigenvalue weighted by atomic mass is 16.5. The first-order valence-electron chi connectivity index (χ1n) is 16.6. The molecular formula is C37H39N9O4. The summed E-state index contributed by atoms with van der Waals surface area (Å²) in [4.78, 5) is 48.5. The first kappa shape index (κ1) is 34.0. The molecule has 2 atom stereocenters. The van der Waals surface area contributed by atoms with Crippen LogP contribution in [0.4, 0.5) is 5.69 Å². The Labute approximate surface area is 289 Å². The molecule has 1 saturated heterocycles. The molecule has 4 heterocycles. The Bertz CT molecular complexity index is 2080. The van der Waals surface area contributed by atoms with Crippen LogP contribution in [0.1, 0.15) is 47.9 Å². The third kappa shape index (κ3) is 7.89. The van der Waals surface area contributed by atoms with Crippen LogP contribution in [0.15, 0.2) is 72.9 Å². The molecule has 2 aromatic carbocycles. The van der Waals surface area contributed by atoms with Gasteiger partial charge in [-0.1, -0.05) is 36.4 Å². The maximum absolute atomic E-state index is 13.0. The second-order valence-corrected chi connectivity index (χ2v) is 12.1. The second kappa shape index (κ2) is 15.6. The number of fused-ring (bicyclic) bond motifs is 2. The first-order valence-corrected chi connectivity index (χ1v) is 16.6. The molecule has 3 amide bonds. The molecule has 50 heavy (non-hydrogen) atoms. The van der Waals surface area contributed by atoms with Crippen molar-refractivity contribution in [1.82, 2.24) is 30.2 Å². The largest absolute Gasteiger partial charge is 0.378 e. The van der Waals surface area contributed by atoms with Crippen LogP contribution in [0.2, 0.25) is 0 Å². The lowest BCUT2D eigenvalue weighted by atomic mass is 10.1. The second-order valence-electron chi connectivity index (χ2n) is 12.1. The van der Waals surface area contributed by atoms with Crippen LogP contribution in [0, 0.1) is 11.8 Å².